The first-order valence-corrected chi connectivity index (χ1v) is 9.60. The normalized spacial score (nSPS) is 11.1. The van der Waals surface area contributed by atoms with Crippen molar-refractivity contribution >= 4 is 22.6 Å². The second-order valence-corrected chi connectivity index (χ2v) is 7.21. The molecule has 0 saturated heterocycles. The summed E-state index contributed by atoms with van der Waals surface area (Å²) in [4.78, 5) is 37.4. The zero-order valence-electron chi connectivity index (χ0n) is 16.5. The van der Waals surface area contributed by atoms with Gasteiger partial charge in [-0.05, 0) is 24.1 Å². The Morgan fingerprint density at radius 1 is 0.968 bits per heavy atom. The molecule has 2 aromatic carbocycles. The van der Waals surface area contributed by atoms with Crippen LogP contribution in [0.5, 0.6) is 0 Å². The van der Waals surface area contributed by atoms with Crippen LogP contribution in [-0.2, 0) is 0 Å². The molecule has 0 atom stereocenters. The van der Waals surface area contributed by atoms with Crippen LogP contribution in [0.15, 0.2) is 78.0 Å². The first-order chi connectivity index (χ1) is 15.0. The molecule has 5 aromatic rings. The van der Waals surface area contributed by atoms with Crippen molar-refractivity contribution < 1.29 is 9.90 Å². The summed E-state index contributed by atoms with van der Waals surface area (Å²) in [7, 11) is 0. The summed E-state index contributed by atoms with van der Waals surface area (Å²) in [6.07, 6.45) is 2.36. The van der Waals surface area contributed by atoms with E-state index in [2.05, 4.69) is 9.97 Å². The number of aromatic nitrogens is 4. The van der Waals surface area contributed by atoms with Gasteiger partial charge in [-0.1, -0.05) is 60.2 Å². The summed E-state index contributed by atoms with van der Waals surface area (Å²) in [6, 6.07) is 19.7. The van der Waals surface area contributed by atoms with Crippen molar-refractivity contribution in [1.29, 1.82) is 0 Å². The molecule has 0 aliphatic heterocycles. The van der Waals surface area contributed by atoms with Crippen molar-refractivity contribution in [2.75, 3.05) is 0 Å². The average molecular weight is 408 g/mol. The van der Waals surface area contributed by atoms with E-state index in [1.54, 1.807) is 0 Å². The number of hydrogen-bond acceptors (Lipinski definition) is 5. The van der Waals surface area contributed by atoms with Crippen LogP contribution in [0.1, 0.15) is 15.9 Å². The van der Waals surface area contributed by atoms with Gasteiger partial charge in [0.2, 0.25) is 0 Å². The van der Waals surface area contributed by atoms with E-state index in [0.717, 1.165) is 38.5 Å². The van der Waals surface area contributed by atoms with Crippen LogP contribution < -0.4 is 5.56 Å². The standard InChI is InChI=1S/C24H16N4O3/c1-14-7-9-15(10-8-14)17-11-19(16-5-3-2-4-6-16)27-21-20(17)22-25-12-18(24(30)31)23(29)28(22)13-26-21/h2-13H,1H3,(H,30,31). The summed E-state index contributed by atoms with van der Waals surface area (Å²) >= 11 is 0. The van der Waals surface area contributed by atoms with Gasteiger partial charge in [0.25, 0.3) is 5.56 Å². The monoisotopic (exact) mass is 408 g/mol. The zero-order chi connectivity index (χ0) is 21.5. The van der Waals surface area contributed by atoms with E-state index >= 15 is 0 Å². The van der Waals surface area contributed by atoms with E-state index in [9.17, 15) is 14.7 Å². The van der Waals surface area contributed by atoms with Crippen LogP contribution in [0.2, 0.25) is 0 Å². The molecule has 0 fully saturated rings. The van der Waals surface area contributed by atoms with Gasteiger partial charge in [0, 0.05) is 11.8 Å². The van der Waals surface area contributed by atoms with Gasteiger partial charge in [0.1, 0.15) is 11.9 Å². The first-order valence-electron chi connectivity index (χ1n) is 9.60. The van der Waals surface area contributed by atoms with Crippen molar-refractivity contribution in [1.82, 2.24) is 19.4 Å². The number of hydrogen-bond donors (Lipinski definition) is 1. The minimum Gasteiger partial charge on any atom is -0.477 e. The van der Waals surface area contributed by atoms with Crippen molar-refractivity contribution in [2.24, 2.45) is 0 Å². The molecular weight excluding hydrogens is 392 g/mol. The molecule has 150 valence electrons. The Hall–Kier alpha value is -4.39. The third kappa shape index (κ3) is 3.12. The molecule has 7 heteroatoms. The molecule has 0 aliphatic carbocycles. The predicted molar refractivity (Wildman–Crippen MR) is 117 cm³/mol. The molecule has 0 spiro atoms. The number of fused-ring (bicyclic) bond motifs is 3. The van der Waals surface area contributed by atoms with Crippen molar-refractivity contribution in [3.63, 3.8) is 0 Å². The number of benzene rings is 2. The number of aromatic carboxylic acids is 1. The smallest absolute Gasteiger partial charge is 0.342 e. The summed E-state index contributed by atoms with van der Waals surface area (Å²) in [6.45, 7) is 2.01. The summed E-state index contributed by atoms with van der Waals surface area (Å²) in [5.41, 5.74) is 4.16. The van der Waals surface area contributed by atoms with Crippen LogP contribution in [0.4, 0.5) is 0 Å². The third-order valence-corrected chi connectivity index (χ3v) is 5.18. The number of carboxylic acids is 1. The highest BCUT2D eigenvalue weighted by molar-refractivity contribution is 6.03. The fourth-order valence-corrected chi connectivity index (χ4v) is 3.58. The second-order valence-electron chi connectivity index (χ2n) is 7.21. The number of aryl methyl sites for hydroxylation is 1. The molecule has 3 heterocycles. The molecule has 1 N–H and O–H groups in total. The van der Waals surface area contributed by atoms with Crippen LogP contribution in [0, 0.1) is 6.92 Å². The lowest BCUT2D eigenvalue weighted by Gasteiger charge is -2.12. The molecule has 0 bridgehead atoms. The van der Waals surface area contributed by atoms with Gasteiger partial charge in [0.05, 0.1) is 11.1 Å². The van der Waals surface area contributed by atoms with Gasteiger partial charge in [-0.2, -0.15) is 0 Å². The van der Waals surface area contributed by atoms with E-state index in [-0.39, 0.29) is 0 Å². The van der Waals surface area contributed by atoms with Crippen molar-refractivity contribution in [2.45, 2.75) is 6.92 Å². The first kappa shape index (κ1) is 18.6. The van der Waals surface area contributed by atoms with Crippen molar-refractivity contribution in [3.05, 3.63) is 94.7 Å². The fourth-order valence-electron chi connectivity index (χ4n) is 3.58. The van der Waals surface area contributed by atoms with Gasteiger partial charge in [0.15, 0.2) is 11.3 Å². The fraction of sp³-hybridized carbons (Fsp3) is 0.0417. The number of nitrogens with zero attached hydrogens (tertiary/aromatic N) is 4. The highest BCUT2D eigenvalue weighted by Gasteiger charge is 2.18. The second kappa shape index (κ2) is 7.14. The number of rotatable bonds is 3. The topological polar surface area (TPSA) is 97.5 Å². The Bertz CT molecular complexity index is 1520. The Labute approximate surface area is 176 Å². The summed E-state index contributed by atoms with van der Waals surface area (Å²) in [5, 5.41) is 9.86. The van der Waals surface area contributed by atoms with Crippen LogP contribution >= 0.6 is 0 Å². The maximum absolute atomic E-state index is 12.7. The molecule has 5 rings (SSSR count). The third-order valence-electron chi connectivity index (χ3n) is 5.18. The molecular formula is C24H16N4O3. The Morgan fingerprint density at radius 2 is 1.71 bits per heavy atom. The SMILES string of the molecule is Cc1ccc(-c2cc(-c3ccccc3)nc3ncn4c(=O)c(C(=O)O)cnc4c23)cc1. The molecule has 0 amide bonds. The quantitative estimate of drug-likeness (QED) is 0.454. The Kier molecular flexibility index (Phi) is 4.29. The van der Waals surface area contributed by atoms with Gasteiger partial charge >= 0.3 is 5.97 Å². The number of carboxylic acid groups (broad SMARTS) is 1. The average Bonchev–Trinajstić information content (AvgIpc) is 2.79. The van der Waals surface area contributed by atoms with Gasteiger partial charge in [-0.15, -0.1) is 0 Å². The van der Waals surface area contributed by atoms with Gasteiger partial charge in [-0.3, -0.25) is 4.79 Å². The molecule has 0 aliphatic rings. The lowest BCUT2D eigenvalue weighted by molar-refractivity contribution is 0.0694. The van der Waals surface area contributed by atoms with Crippen LogP contribution in [-0.4, -0.2) is 30.4 Å². The largest absolute Gasteiger partial charge is 0.477 e. The minimum absolute atomic E-state index is 0.308. The van der Waals surface area contributed by atoms with Crippen LogP contribution in [0.3, 0.4) is 0 Å². The van der Waals surface area contributed by atoms with E-state index in [4.69, 9.17) is 4.98 Å². The summed E-state index contributed by atoms with van der Waals surface area (Å²) in [5.74, 6) is -1.33. The van der Waals surface area contributed by atoms with E-state index in [0.29, 0.717) is 16.7 Å². The molecule has 7 nitrogen and oxygen atoms in total. The number of pyridine rings is 1. The summed E-state index contributed by atoms with van der Waals surface area (Å²) < 4.78 is 1.16. The molecule has 3 aromatic heterocycles. The van der Waals surface area contributed by atoms with Crippen molar-refractivity contribution in [3.8, 4) is 22.4 Å². The molecule has 0 radical (unpaired) electrons. The minimum atomic E-state index is -1.33. The highest BCUT2D eigenvalue weighted by Crippen LogP contribution is 2.33. The highest BCUT2D eigenvalue weighted by atomic mass is 16.4. The molecule has 0 unspecified atom stereocenters. The number of carbonyl (C=O) groups is 1. The maximum Gasteiger partial charge on any atom is 0.342 e. The lowest BCUT2D eigenvalue weighted by atomic mass is 9.99. The zero-order valence-corrected chi connectivity index (χ0v) is 16.5. The van der Waals surface area contributed by atoms with E-state index < -0.39 is 17.1 Å². The lowest BCUT2D eigenvalue weighted by Crippen LogP contribution is -2.23. The van der Waals surface area contributed by atoms with Gasteiger partial charge in [-0.25, -0.2) is 24.1 Å². The van der Waals surface area contributed by atoms with Gasteiger partial charge < -0.3 is 5.11 Å². The maximum atomic E-state index is 12.7. The van der Waals surface area contributed by atoms with E-state index in [1.807, 2.05) is 67.6 Å². The predicted octanol–water partition coefficient (Wildman–Crippen LogP) is 3.98. The van der Waals surface area contributed by atoms with E-state index in [1.165, 1.54) is 6.33 Å². The molecule has 31 heavy (non-hydrogen) atoms. The Morgan fingerprint density at radius 3 is 2.42 bits per heavy atom. The molecule has 0 saturated carbocycles. The Balaban J connectivity index is 1.91. The van der Waals surface area contributed by atoms with Crippen LogP contribution in [0.25, 0.3) is 39.1 Å².